The molecule has 0 heterocycles. The fourth-order valence-corrected chi connectivity index (χ4v) is 2.16. The minimum absolute atomic E-state index is 0.289. The molecule has 0 atom stereocenters. The second-order valence-corrected chi connectivity index (χ2v) is 4.98. The molecule has 22 heavy (non-hydrogen) atoms. The van der Waals surface area contributed by atoms with Crippen molar-refractivity contribution in [2.45, 2.75) is 26.1 Å². The van der Waals surface area contributed by atoms with Gasteiger partial charge in [0.25, 0.3) is 5.79 Å². The molecule has 0 saturated carbocycles. The van der Waals surface area contributed by atoms with Crippen molar-refractivity contribution >= 4 is 18.0 Å². The largest absolute Gasteiger partial charge is 0.418 e. The van der Waals surface area contributed by atoms with Gasteiger partial charge in [0.2, 0.25) is 0 Å². The highest BCUT2D eigenvalue weighted by molar-refractivity contribution is 5.69. The van der Waals surface area contributed by atoms with Crippen molar-refractivity contribution in [3.63, 3.8) is 0 Å². The van der Waals surface area contributed by atoms with Crippen LogP contribution in [0, 0.1) is 0 Å². The van der Waals surface area contributed by atoms with Gasteiger partial charge in [-0.1, -0.05) is 54.6 Å². The molecule has 0 amide bonds. The lowest BCUT2D eigenvalue weighted by atomic mass is 10.0. The zero-order valence-electron chi connectivity index (χ0n) is 12.6. The van der Waals surface area contributed by atoms with Gasteiger partial charge in [-0.15, -0.1) is 0 Å². The summed E-state index contributed by atoms with van der Waals surface area (Å²) in [6, 6.07) is 9.91. The van der Waals surface area contributed by atoms with Crippen LogP contribution in [-0.4, -0.2) is 17.7 Å². The third kappa shape index (κ3) is 4.45. The molecule has 1 aromatic rings. The number of esters is 2. The summed E-state index contributed by atoms with van der Waals surface area (Å²) in [5.74, 6) is -2.33. The van der Waals surface area contributed by atoms with Crippen molar-refractivity contribution in [3.05, 3.63) is 65.8 Å². The van der Waals surface area contributed by atoms with E-state index in [2.05, 4.69) is 0 Å². The smallest absolute Gasteiger partial charge is 0.306 e. The van der Waals surface area contributed by atoms with Crippen LogP contribution in [0.2, 0.25) is 0 Å². The van der Waals surface area contributed by atoms with Crippen molar-refractivity contribution in [2.24, 2.45) is 0 Å². The Hall–Kier alpha value is -2.62. The maximum absolute atomic E-state index is 11.2. The number of carbonyl (C=O) groups excluding carboxylic acids is 2. The van der Waals surface area contributed by atoms with E-state index in [0.29, 0.717) is 0 Å². The Kier molecular flexibility index (Phi) is 4.94. The molecule has 1 aliphatic rings. The normalized spacial score (nSPS) is 16.2. The van der Waals surface area contributed by atoms with Gasteiger partial charge in [0.05, 0.1) is 0 Å². The summed E-state index contributed by atoms with van der Waals surface area (Å²) in [6.07, 6.45) is 9.47. The number of hydrogen-bond donors (Lipinski definition) is 0. The van der Waals surface area contributed by atoms with Crippen LogP contribution in [0.1, 0.15) is 25.8 Å². The van der Waals surface area contributed by atoms with E-state index in [9.17, 15) is 9.59 Å². The SMILES string of the molecule is CC(=O)OC1(OC(C)=O)C=CC(C=Cc2ccccc2)=CC1. The van der Waals surface area contributed by atoms with Crippen LogP contribution in [-0.2, 0) is 19.1 Å². The van der Waals surface area contributed by atoms with Crippen LogP contribution in [0.15, 0.2) is 60.2 Å². The summed E-state index contributed by atoms with van der Waals surface area (Å²) in [5.41, 5.74) is 2.05. The van der Waals surface area contributed by atoms with Crippen molar-refractivity contribution in [1.82, 2.24) is 0 Å². The Morgan fingerprint density at radius 3 is 2.18 bits per heavy atom. The van der Waals surface area contributed by atoms with Crippen molar-refractivity contribution < 1.29 is 19.1 Å². The van der Waals surface area contributed by atoms with Gasteiger partial charge in [-0.05, 0) is 11.1 Å². The molecule has 1 aromatic carbocycles. The predicted molar refractivity (Wildman–Crippen MR) is 83.6 cm³/mol. The maximum Gasteiger partial charge on any atom is 0.306 e. The van der Waals surface area contributed by atoms with Gasteiger partial charge in [0.15, 0.2) is 0 Å². The molecular weight excluding hydrogens is 280 g/mol. The van der Waals surface area contributed by atoms with Gasteiger partial charge in [0.1, 0.15) is 0 Å². The number of benzene rings is 1. The van der Waals surface area contributed by atoms with E-state index in [1.54, 1.807) is 12.2 Å². The molecule has 114 valence electrons. The molecule has 0 aliphatic heterocycles. The van der Waals surface area contributed by atoms with Crippen molar-refractivity contribution in [2.75, 3.05) is 0 Å². The van der Waals surface area contributed by atoms with Crippen LogP contribution >= 0.6 is 0 Å². The van der Waals surface area contributed by atoms with E-state index in [1.807, 2.05) is 48.6 Å². The number of allylic oxidation sites excluding steroid dienone is 3. The number of hydrogen-bond acceptors (Lipinski definition) is 4. The molecule has 0 unspecified atom stereocenters. The average Bonchev–Trinajstić information content (AvgIpc) is 2.46. The molecule has 0 aromatic heterocycles. The summed E-state index contributed by atoms with van der Waals surface area (Å²) in [7, 11) is 0. The molecule has 2 rings (SSSR count). The Balaban J connectivity index is 2.09. The van der Waals surface area contributed by atoms with Crippen LogP contribution < -0.4 is 0 Å². The van der Waals surface area contributed by atoms with Gasteiger partial charge in [-0.3, -0.25) is 9.59 Å². The van der Waals surface area contributed by atoms with E-state index in [4.69, 9.17) is 9.47 Å². The number of ether oxygens (including phenoxy) is 2. The Morgan fingerprint density at radius 2 is 1.68 bits per heavy atom. The topological polar surface area (TPSA) is 52.6 Å². The lowest BCUT2D eigenvalue weighted by Gasteiger charge is -2.30. The van der Waals surface area contributed by atoms with Crippen LogP contribution in [0.5, 0.6) is 0 Å². The summed E-state index contributed by atoms with van der Waals surface area (Å²) in [4.78, 5) is 22.4. The Bertz CT molecular complexity index is 622. The first-order valence-electron chi connectivity index (χ1n) is 7.01. The molecule has 0 bridgehead atoms. The minimum Gasteiger partial charge on any atom is -0.418 e. The molecule has 0 radical (unpaired) electrons. The molecule has 0 fully saturated rings. The Morgan fingerprint density at radius 1 is 1.05 bits per heavy atom. The van der Waals surface area contributed by atoms with Crippen LogP contribution in [0.3, 0.4) is 0 Å². The van der Waals surface area contributed by atoms with Crippen LogP contribution in [0.25, 0.3) is 6.08 Å². The van der Waals surface area contributed by atoms with Gasteiger partial charge < -0.3 is 9.47 Å². The summed E-state index contributed by atoms with van der Waals surface area (Å²) < 4.78 is 10.3. The quantitative estimate of drug-likeness (QED) is 0.631. The first kappa shape index (κ1) is 15.8. The first-order chi connectivity index (χ1) is 10.5. The molecule has 4 nitrogen and oxygen atoms in total. The van der Waals surface area contributed by atoms with E-state index in [-0.39, 0.29) is 6.42 Å². The molecular formula is C18H18O4. The van der Waals surface area contributed by atoms with Gasteiger partial charge in [0, 0.05) is 26.3 Å². The third-order valence-corrected chi connectivity index (χ3v) is 3.05. The fourth-order valence-electron chi connectivity index (χ4n) is 2.16. The maximum atomic E-state index is 11.2. The van der Waals surface area contributed by atoms with E-state index in [0.717, 1.165) is 11.1 Å². The summed E-state index contributed by atoms with van der Waals surface area (Å²) >= 11 is 0. The third-order valence-electron chi connectivity index (χ3n) is 3.05. The molecule has 4 heteroatoms. The summed E-state index contributed by atoms with van der Waals surface area (Å²) in [6.45, 7) is 2.57. The monoisotopic (exact) mass is 298 g/mol. The van der Waals surface area contributed by atoms with E-state index in [1.165, 1.54) is 13.8 Å². The minimum atomic E-state index is -1.33. The first-order valence-corrected chi connectivity index (χ1v) is 7.01. The van der Waals surface area contributed by atoms with E-state index >= 15 is 0 Å². The average molecular weight is 298 g/mol. The lowest BCUT2D eigenvalue weighted by Crippen LogP contribution is -2.37. The van der Waals surface area contributed by atoms with Gasteiger partial charge >= 0.3 is 11.9 Å². The zero-order valence-corrected chi connectivity index (χ0v) is 12.6. The molecule has 1 aliphatic carbocycles. The second-order valence-electron chi connectivity index (χ2n) is 4.98. The predicted octanol–water partition coefficient (Wildman–Crippen LogP) is 3.41. The molecule has 0 N–H and O–H groups in total. The van der Waals surface area contributed by atoms with Crippen molar-refractivity contribution in [1.29, 1.82) is 0 Å². The van der Waals surface area contributed by atoms with E-state index < -0.39 is 17.7 Å². The fraction of sp³-hybridized carbons (Fsp3) is 0.222. The number of rotatable bonds is 4. The highest BCUT2D eigenvalue weighted by atomic mass is 16.7. The van der Waals surface area contributed by atoms with Crippen molar-refractivity contribution in [3.8, 4) is 0 Å². The second kappa shape index (κ2) is 6.89. The summed E-state index contributed by atoms with van der Waals surface area (Å²) in [5, 5.41) is 0. The van der Waals surface area contributed by atoms with Crippen LogP contribution in [0.4, 0.5) is 0 Å². The molecule has 0 spiro atoms. The molecule has 0 saturated heterocycles. The highest BCUT2D eigenvalue weighted by Gasteiger charge is 2.34. The zero-order chi connectivity index (χ0) is 16.0. The standard InChI is InChI=1S/C18H18O4/c1-14(19)21-18(22-15(2)20)12-10-17(11-13-18)9-8-16-6-4-3-5-7-16/h3-12H,13H2,1-2H3. The Labute approximate surface area is 129 Å². The van der Waals surface area contributed by atoms with Gasteiger partial charge in [-0.2, -0.15) is 0 Å². The lowest BCUT2D eigenvalue weighted by molar-refractivity contribution is -0.208. The van der Waals surface area contributed by atoms with Gasteiger partial charge in [-0.25, -0.2) is 0 Å². The number of carbonyl (C=O) groups is 2. The highest BCUT2D eigenvalue weighted by Crippen LogP contribution is 2.27.